The first-order chi connectivity index (χ1) is 10.9. The Morgan fingerprint density at radius 2 is 1.95 bits per heavy atom. The van der Waals surface area contributed by atoms with Crippen molar-refractivity contribution in [2.24, 2.45) is 0 Å². The molecule has 0 N–H and O–H groups in total. The van der Waals surface area contributed by atoms with Gasteiger partial charge < -0.3 is 4.74 Å². The first kappa shape index (κ1) is 12.6. The number of rotatable bonds is 0. The summed E-state index contributed by atoms with van der Waals surface area (Å²) in [6, 6.07) is 10.7. The summed E-state index contributed by atoms with van der Waals surface area (Å²) in [5.41, 5.74) is -0.0765. The van der Waals surface area contributed by atoms with E-state index in [9.17, 15) is 13.2 Å². The van der Waals surface area contributed by atoms with Crippen molar-refractivity contribution in [3.8, 4) is 5.75 Å². The molecular weight excluding hydrogens is 315 g/mol. The van der Waals surface area contributed by atoms with Gasteiger partial charge in [-0.1, -0.05) is 24.3 Å². The third-order valence-corrected chi connectivity index (χ3v) is 4.47. The fraction of sp³-hybridized carbons (Fsp3) is 0.250. The van der Waals surface area contributed by atoms with Gasteiger partial charge in [-0.15, -0.1) is 0 Å². The van der Waals surface area contributed by atoms with Crippen LogP contribution in [0.4, 0.5) is 18.9 Å². The van der Waals surface area contributed by atoms with E-state index >= 15 is 0 Å². The molecule has 2 aliphatic heterocycles. The predicted octanol–water partition coefficient (Wildman–Crippen LogP) is 4.36. The van der Waals surface area contributed by atoms with Crippen LogP contribution in [-0.2, 0) is 11.6 Å². The molecule has 0 radical (unpaired) electrons. The summed E-state index contributed by atoms with van der Waals surface area (Å²) < 4.78 is 54.1. The summed E-state index contributed by atoms with van der Waals surface area (Å²) in [6.45, 7) is -0.784. The van der Waals surface area contributed by atoms with Crippen LogP contribution in [0.15, 0.2) is 42.5 Å². The minimum atomic E-state index is -4.45. The van der Waals surface area contributed by atoms with Crippen LogP contribution in [0.25, 0.3) is 0 Å². The third kappa shape index (κ3) is 1.75. The Morgan fingerprint density at radius 3 is 2.73 bits per heavy atom. The van der Waals surface area contributed by atoms with E-state index < -0.39 is 23.7 Å². The highest BCUT2D eigenvalue weighted by molar-refractivity contribution is 6.26. The molecule has 0 aromatic heterocycles. The third-order valence-electron chi connectivity index (χ3n) is 4.19. The second-order valence-electron chi connectivity index (χ2n) is 5.43. The maximum Gasteiger partial charge on any atom is 0.416 e. The van der Waals surface area contributed by atoms with Crippen LogP contribution in [0.5, 0.6) is 5.75 Å². The van der Waals surface area contributed by atoms with Gasteiger partial charge in [-0.2, -0.15) is 13.2 Å². The fourth-order valence-corrected chi connectivity index (χ4v) is 3.46. The highest BCUT2D eigenvalue weighted by Crippen LogP contribution is 2.52. The summed E-state index contributed by atoms with van der Waals surface area (Å²) in [5, 5.41) is 0. The summed E-state index contributed by atoms with van der Waals surface area (Å²) >= 11 is 6.17. The van der Waals surface area contributed by atoms with E-state index in [2.05, 4.69) is 0 Å². The minimum absolute atomic E-state index is 0.183. The molecule has 0 fully saturated rings. The quantitative estimate of drug-likeness (QED) is 0.667. The molecule has 2 aliphatic rings. The molecule has 2 aromatic carbocycles. The van der Waals surface area contributed by atoms with Crippen molar-refractivity contribution < 1.29 is 19.3 Å². The SMILES string of the molecule is [2H]C1N(Cl)c2cc(C(F)(F)F)ccc2C12COc1ccccc12. The monoisotopic (exact) mass is 326 g/mol. The van der Waals surface area contributed by atoms with Crippen molar-refractivity contribution >= 4 is 17.5 Å². The molecule has 2 atom stereocenters. The van der Waals surface area contributed by atoms with Gasteiger partial charge in [0.15, 0.2) is 0 Å². The molecule has 1 spiro atoms. The lowest BCUT2D eigenvalue weighted by Crippen LogP contribution is -2.33. The predicted molar refractivity (Wildman–Crippen MR) is 77.4 cm³/mol. The summed E-state index contributed by atoms with van der Waals surface area (Å²) in [5.74, 6) is 0.641. The van der Waals surface area contributed by atoms with Crippen LogP contribution < -0.4 is 9.16 Å². The first-order valence-electron chi connectivity index (χ1n) is 7.25. The molecule has 2 unspecified atom stereocenters. The summed E-state index contributed by atoms with van der Waals surface area (Å²) in [7, 11) is 0. The van der Waals surface area contributed by atoms with Gasteiger partial charge in [0.25, 0.3) is 0 Å². The normalized spacial score (nSPS) is 26.6. The average molecular weight is 327 g/mol. The van der Waals surface area contributed by atoms with Crippen LogP contribution in [0.1, 0.15) is 18.1 Å². The largest absolute Gasteiger partial charge is 0.492 e. The zero-order valence-corrected chi connectivity index (χ0v) is 11.9. The van der Waals surface area contributed by atoms with E-state index in [1.165, 1.54) is 6.07 Å². The topological polar surface area (TPSA) is 12.5 Å². The Bertz CT molecular complexity index is 797. The number of ether oxygens (including phenoxy) is 1. The van der Waals surface area contributed by atoms with Gasteiger partial charge in [0.1, 0.15) is 12.4 Å². The van der Waals surface area contributed by atoms with Gasteiger partial charge >= 0.3 is 6.18 Å². The zero-order valence-electron chi connectivity index (χ0n) is 12.2. The van der Waals surface area contributed by atoms with E-state index in [4.69, 9.17) is 17.9 Å². The number of nitrogens with zero attached hydrogens (tertiary/aromatic N) is 1. The second kappa shape index (κ2) is 4.32. The lowest BCUT2D eigenvalue weighted by Gasteiger charge is -2.22. The Balaban J connectivity index is 1.94. The molecule has 0 aliphatic carbocycles. The molecular formula is C16H11ClF3NO. The van der Waals surface area contributed by atoms with Gasteiger partial charge in [-0.3, -0.25) is 4.42 Å². The maximum atomic E-state index is 13.0. The van der Waals surface area contributed by atoms with Crippen LogP contribution in [0.3, 0.4) is 0 Å². The van der Waals surface area contributed by atoms with Crippen molar-refractivity contribution in [2.75, 3.05) is 17.5 Å². The Labute approximate surface area is 131 Å². The number of para-hydroxylation sites is 1. The number of alkyl halides is 3. The smallest absolute Gasteiger partial charge is 0.416 e. The molecule has 2 heterocycles. The number of anilines is 1. The molecule has 2 nitrogen and oxygen atoms in total. The molecule has 0 saturated heterocycles. The standard InChI is InChI=1S/C16H11ClF3NO/c17-21-8-15(9-22-14-4-2-1-3-12(14)15)11-6-5-10(7-13(11)21)16(18,19)20/h1-7H,8-9H2/i8D. The van der Waals surface area contributed by atoms with Crippen molar-refractivity contribution in [1.82, 2.24) is 0 Å². The molecule has 0 bridgehead atoms. The lowest BCUT2D eigenvalue weighted by molar-refractivity contribution is -0.137. The number of halogens is 4. The van der Waals surface area contributed by atoms with Gasteiger partial charge in [0.05, 0.1) is 24.6 Å². The molecule has 0 amide bonds. The van der Waals surface area contributed by atoms with Gasteiger partial charge in [-0.05, 0) is 23.8 Å². The van der Waals surface area contributed by atoms with E-state index in [1.54, 1.807) is 6.07 Å². The Kier molecular flexibility index (Phi) is 2.48. The van der Waals surface area contributed by atoms with Crippen LogP contribution in [-0.4, -0.2) is 13.1 Å². The van der Waals surface area contributed by atoms with E-state index in [1.807, 2.05) is 18.2 Å². The molecule has 22 heavy (non-hydrogen) atoms. The van der Waals surface area contributed by atoms with E-state index in [-0.39, 0.29) is 12.3 Å². The summed E-state index contributed by atoms with van der Waals surface area (Å²) in [4.78, 5) is 0. The van der Waals surface area contributed by atoms with Crippen LogP contribution in [0, 0.1) is 0 Å². The molecule has 4 rings (SSSR count). The number of hydrogen-bond donors (Lipinski definition) is 0. The van der Waals surface area contributed by atoms with Gasteiger partial charge in [-0.25, -0.2) is 0 Å². The highest BCUT2D eigenvalue weighted by Gasteiger charge is 2.50. The molecule has 2 aromatic rings. The molecule has 6 heteroatoms. The average Bonchev–Trinajstić information content (AvgIpc) is 3.01. The number of benzene rings is 2. The number of fused-ring (bicyclic) bond motifs is 4. The minimum Gasteiger partial charge on any atom is -0.492 e. The Morgan fingerprint density at radius 1 is 1.18 bits per heavy atom. The van der Waals surface area contributed by atoms with E-state index in [0.717, 1.165) is 22.1 Å². The molecule has 0 saturated carbocycles. The van der Waals surface area contributed by atoms with E-state index in [0.29, 0.717) is 11.3 Å². The lowest BCUT2D eigenvalue weighted by atomic mass is 9.77. The van der Waals surface area contributed by atoms with Gasteiger partial charge in [0, 0.05) is 17.3 Å². The maximum absolute atomic E-state index is 13.0. The first-order valence-corrected chi connectivity index (χ1v) is 7.01. The van der Waals surface area contributed by atoms with Crippen LogP contribution >= 0.6 is 11.8 Å². The van der Waals surface area contributed by atoms with Crippen LogP contribution in [0.2, 0.25) is 0 Å². The summed E-state index contributed by atoms with van der Waals surface area (Å²) in [6.07, 6.45) is -4.45. The fourth-order valence-electron chi connectivity index (χ4n) is 3.15. The second-order valence-corrected chi connectivity index (χ2v) is 5.79. The van der Waals surface area contributed by atoms with Crippen molar-refractivity contribution in [3.63, 3.8) is 0 Å². The Hall–Kier alpha value is -1.88. The molecule has 114 valence electrons. The zero-order chi connectivity index (χ0) is 16.4. The van der Waals surface area contributed by atoms with Crippen molar-refractivity contribution in [2.45, 2.75) is 11.6 Å². The highest BCUT2D eigenvalue weighted by atomic mass is 35.5. The van der Waals surface area contributed by atoms with Gasteiger partial charge in [0.2, 0.25) is 0 Å². The van der Waals surface area contributed by atoms with Crippen molar-refractivity contribution in [1.29, 1.82) is 0 Å². The van der Waals surface area contributed by atoms with Crippen molar-refractivity contribution in [3.05, 3.63) is 59.2 Å². The number of hydrogen-bond acceptors (Lipinski definition) is 2.